The SMILES string of the molecule is C[C@H](O)[C@@H]1N[C@@]2(C(=O)Nc3ccc(Cl)cc32)[C@@H]2C(=O)N(Cc3ccc(F)cc3)C(=O)[C@H]12. The van der Waals surface area contributed by atoms with Gasteiger partial charge in [0, 0.05) is 22.3 Å². The highest BCUT2D eigenvalue weighted by Gasteiger charge is 2.71. The molecule has 31 heavy (non-hydrogen) atoms. The van der Waals surface area contributed by atoms with Crippen molar-refractivity contribution in [2.75, 3.05) is 5.32 Å². The number of hydrogen-bond donors (Lipinski definition) is 3. The number of halogens is 2. The molecule has 0 bridgehead atoms. The van der Waals surface area contributed by atoms with Gasteiger partial charge in [0.05, 0.1) is 24.5 Å². The summed E-state index contributed by atoms with van der Waals surface area (Å²) in [6.07, 6.45) is -0.995. The predicted molar refractivity (Wildman–Crippen MR) is 109 cm³/mol. The van der Waals surface area contributed by atoms with Crippen LogP contribution in [0.15, 0.2) is 42.5 Å². The van der Waals surface area contributed by atoms with E-state index in [1.807, 2.05) is 0 Å². The van der Waals surface area contributed by atoms with Gasteiger partial charge in [-0.25, -0.2) is 4.39 Å². The first kappa shape index (κ1) is 20.1. The zero-order chi connectivity index (χ0) is 22.1. The van der Waals surface area contributed by atoms with Crippen LogP contribution in [-0.4, -0.2) is 39.9 Å². The van der Waals surface area contributed by atoms with E-state index in [9.17, 15) is 23.9 Å². The second-order valence-corrected chi connectivity index (χ2v) is 8.69. The monoisotopic (exact) mass is 443 g/mol. The van der Waals surface area contributed by atoms with Crippen molar-refractivity contribution in [1.82, 2.24) is 10.2 Å². The molecule has 3 N–H and O–H groups in total. The van der Waals surface area contributed by atoms with Gasteiger partial charge in [-0.3, -0.25) is 24.6 Å². The van der Waals surface area contributed by atoms with E-state index in [0.717, 1.165) is 4.90 Å². The van der Waals surface area contributed by atoms with Gasteiger partial charge in [0.25, 0.3) is 0 Å². The molecule has 9 heteroatoms. The molecule has 2 aromatic rings. The molecule has 2 aromatic carbocycles. The molecule has 3 amide bonds. The number of aliphatic hydroxyl groups excluding tert-OH is 1. The average Bonchev–Trinajstić information content (AvgIpc) is 3.31. The Hall–Kier alpha value is -2.81. The molecule has 3 heterocycles. The van der Waals surface area contributed by atoms with Gasteiger partial charge in [0.15, 0.2) is 0 Å². The van der Waals surface area contributed by atoms with Gasteiger partial charge in [-0.2, -0.15) is 0 Å². The second kappa shape index (κ2) is 6.85. The minimum atomic E-state index is -1.52. The van der Waals surface area contributed by atoms with Gasteiger partial charge in [-0.1, -0.05) is 23.7 Å². The number of likely N-dealkylation sites (tertiary alicyclic amines) is 1. The number of carbonyl (C=O) groups is 3. The molecule has 0 aromatic heterocycles. The number of amides is 3. The standard InChI is InChI=1S/C22H19ClFN3O4/c1-10(28)18-16-17(20(30)27(19(16)29)9-11-2-5-13(24)6-3-11)22(26-18)14-8-12(23)4-7-15(14)25-21(22)31/h2-8,10,16-18,26,28H,9H2,1H3,(H,25,31)/t10-,16-,17-,18-,22+/m0/s1. The molecule has 0 radical (unpaired) electrons. The largest absolute Gasteiger partial charge is 0.392 e. The summed E-state index contributed by atoms with van der Waals surface area (Å²) in [6.45, 7) is 1.47. The fraction of sp³-hybridized carbons (Fsp3) is 0.318. The van der Waals surface area contributed by atoms with Crippen LogP contribution in [-0.2, 0) is 26.5 Å². The lowest BCUT2D eigenvalue weighted by Gasteiger charge is -2.30. The van der Waals surface area contributed by atoms with Crippen molar-refractivity contribution < 1.29 is 23.9 Å². The quantitative estimate of drug-likeness (QED) is 0.628. The topological polar surface area (TPSA) is 98.7 Å². The van der Waals surface area contributed by atoms with Crippen molar-refractivity contribution in [1.29, 1.82) is 0 Å². The first-order chi connectivity index (χ1) is 14.7. The molecular weight excluding hydrogens is 425 g/mol. The number of carbonyl (C=O) groups excluding carboxylic acids is 3. The van der Waals surface area contributed by atoms with E-state index in [-0.39, 0.29) is 6.54 Å². The molecule has 5 atom stereocenters. The van der Waals surface area contributed by atoms with Gasteiger partial charge >= 0.3 is 0 Å². The summed E-state index contributed by atoms with van der Waals surface area (Å²) in [6, 6.07) is 9.58. The maximum absolute atomic E-state index is 13.5. The first-order valence-electron chi connectivity index (χ1n) is 9.91. The van der Waals surface area contributed by atoms with Gasteiger partial charge in [-0.15, -0.1) is 0 Å². The number of fused-ring (bicyclic) bond motifs is 4. The molecule has 3 aliphatic rings. The molecule has 2 fully saturated rings. The van der Waals surface area contributed by atoms with Crippen LogP contribution in [0.3, 0.4) is 0 Å². The predicted octanol–water partition coefficient (Wildman–Crippen LogP) is 1.78. The van der Waals surface area contributed by atoms with Crippen LogP contribution in [0.5, 0.6) is 0 Å². The van der Waals surface area contributed by atoms with Gasteiger partial charge in [0.2, 0.25) is 17.7 Å². The van der Waals surface area contributed by atoms with Crippen LogP contribution in [0.2, 0.25) is 5.02 Å². The molecule has 0 unspecified atom stereocenters. The van der Waals surface area contributed by atoms with E-state index < -0.39 is 53.1 Å². The lowest BCUT2D eigenvalue weighted by molar-refractivity contribution is -0.143. The van der Waals surface area contributed by atoms with E-state index in [0.29, 0.717) is 21.8 Å². The molecule has 1 spiro atoms. The molecule has 0 aliphatic carbocycles. The van der Waals surface area contributed by atoms with Crippen LogP contribution >= 0.6 is 11.6 Å². The summed E-state index contributed by atoms with van der Waals surface area (Å²) in [7, 11) is 0. The third-order valence-electron chi connectivity index (χ3n) is 6.48. The van der Waals surface area contributed by atoms with Crippen LogP contribution in [0.4, 0.5) is 10.1 Å². The summed E-state index contributed by atoms with van der Waals surface area (Å²) in [5.74, 6) is -3.85. The van der Waals surface area contributed by atoms with E-state index in [1.165, 1.54) is 31.2 Å². The Morgan fingerprint density at radius 3 is 2.55 bits per heavy atom. The Kier molecular flexibility index (Phi) is 4.44. The highest BCUT2D eigenvalue weighted by molar-refractivity contribution is 6.31. The summed E-state index contributed by atoms with van der Waals surface area (Å²) in [4.78, 5) is 41.2. The molecule has 3 aliphatic heterocycles. The Morgan fingerprint density at radius 2 is 1.87 bits per heavy atom. The average molecular weight is 444 g/mol. The van der Waals surface area contributed by atoms with Gasteiger partial charge < -0.3 is 10.4 Å². The smallest absolute Gasteiger partial charge is 0.250 e. The number of nitrogens with zero attached hydrogens (tertiary/aromatic N) is 1. The van der Waals surface area contributed by atoms with Gasteiger partial charge in [-0.05, 0) is 42.8 Å². The van der Waals surface area contributed by atoms with E-state index in [2.05, 4.69) is 10.6 Å². The van der Waals surface area contributed by atoms with Crippen LogP contribution in [0.25, 0.3) is 0 Å². The Balaban J connectivity index is 1.61. The highest BCUT2D eigenvalue weighted by Crippen LogP contribution is 2.53. The number of rotatable bonds is 3. The van der Waals surface area contributed by atoms with Crippen LogP contribution in [0, 0.1) is 17.7 Å². The van der Waals surface area contributed by atoms with E-state index in [1.54, 1.807) is 18.2 Å². The fourth-order valence-electron chi connectivity index (χ4n) is 5.11. The molecule has 0 saturated carbocycles. The summed E-state index contributed by atoms with van der Waals surface area (Å²) >= 11 is 6.18. The van der Waals surface area contributed by atoms with Crippen LogP contribution in [0.1, 0.15) is 18.1 Å². The zero-order valence-electron chi connectivity index (χ0n) is 16.4. The lowest BCUT2D eigenvalue weighted by atomic mass is 9.76. The second-order valence-electron chi connectivity index (χ2n) is 8.26. The third kappa shape index (κ3) is 2.75. The van der Waals surface area contributed by atoms with Crippen molar-refractivity contribution >= 4 is 35.0 Å². The Labute approximate surface area is 182 Å². The maximum atomic E-state index is 13.5. The van der Waals surface area contributed by atoms with E-state index in [4.69, 9.17) is 11.6 Å². The Bertz CT molecular complexity index is 1120. The first-order valence-corrected chi connectivity index (χ1v) is 10.3. The van der Waals surface area contributed by atoms with Crippen molar-refractivity contribution in [2.45, 2.75) is 31.2 Å². The fourth-order valence-corrected chi connectivity index (χ4v) is 5.28. The number of imide groups is 1. The normalized spacial score (nSPS) is 30.0. The number of hydrogen-bond acceptors (Lipinski definition) is 5. The minimum absolute atomic E-state index is 0.0441. The summed E-state index contributed by atoms with van der Waals surface area (Å²) in [5, 5.41) is 16.7. The number of nitrogens with one attached hydrogen (secondary N) is 2. The summed E-state index contributed by atoms with van der Waals surface area (Å²) in [5.41, 5.74) is 0.0478. The molecule has 5 rings (SSSR count). The summed E-state index contributed by atoms with van der Waals surface area (Å²) < 4.78 is 13.3. The molecular formula is C22H19ClFN3O4. The zero-order valence-corrected chi connectivity index (χ0v) is 17.2. The maximum Gasteiger partial charge on any atom is 0.250 e. The lowest BCUT2D eigenvalue weighted by Crippen LogP contribution is -2.54. The van der Waals surface area contributed by atoms with Crippen molar-refractivity contribution in [3.8, 4) is 0 Å². The van der Waals surface area contributed by atoms with Crippen molar-refractivity contribution in [2.24, 2.45) is 11.8 Å². The molecule has 7 nitrogen and oxygen atoms in total. The molecule has 2 saturated heterocycles. The number of benzene rings is 2. The Morgan fingerprint density at radius 1 is 1.16 bits per heavy atom. The third-order valence-corrected chi connectivity index (χ3v) is 6.71. The van der Waals surface area contributed by atoms with Crippen molar-refractivity contribution in [3.05, 3.63) is 64.4 Å². The highest BCUT2D eigenvalue weighted by atomic mass is 35.5. The van der Waals surface area contributed by atoms with Crippen molar-refractivity contribution in [3.63, 3.8) is 0 Å². The van der Waals surface area contributed by atoms with Gasteiger partial charge in [0.1, 0.15) is 11.4 Å². The van der Waals surface area contributed by atoms with E-state index >= 15 is 0 Å². The molecule has 160 valence electrons. The minimum Gasteiger partial charge on any atom is -0.392 e. The number of anilines is 1. The number of aliphatic hydroxyl groups is 1. The van der Waals surface area contributed by atoms with Crippen LogP contribution < -0.4 is 10.6 Å².